The molecule has 18 heavy (non-hydrogen) atoms. The SMILES string of the molecule is Cc1ccc(-c2nc(-c3ncn[nH]3)sc2C)cc1. The molecule has 0 aliphatic carbocycles. The van der Waals surface area contributed by atoms with Gasteiger partial charge >= 0.3 is 0 Å². The number of H-pyrrole nitrogens is 1. The molecule has 3 aromatic rings. The van der Waals surface area contributed by atoms with Crippen molar-refractivity contribution in [2.75, 3.05) is 0 Å². The van der Waals surface area contributed by atoms with Crippen LogP contribution in [0.15, 0.2) is 30.6 Å². The number of thiazole rings is 1. The quantitative estimate of drug-likeness (QED) is 0.766. The summed E-state index contributed by atoms with van der Waals surface area (Å²) in [5, 5.41) is 7.57. The van der Waals surface area contributed by atoms with Gasteiger partial charge in [-0.1, -0.05) is 29.8 Å². The van der Waals surface area contributed by atoms with Gasteiger partial charge in [0.1, 0.15) is 6.33 Å². The van der Waals surface area contributed by atoms with Gasteiger partial charge in [0.25, 0.3) is 0 Å². The van der Waals surface area contributed by atoms with Crippen molar-refractivity contribution in [1.29, 1.82) is 0 Å². The fraction of sp³-hybridized carbons (Fsp3) is 0.154. The molecule has 5 heteroatoms. The molecular formula is C13H12N4S. The Hall–Kier alpha value is -2.01. The third-order valence-corrected chi connectivity index (χ3v) is 3.72. The number of aromatic nitrogens is 4. The highest BCUT2D eigenvalue weighted by Gasteiger charge is 2.12. The third kappa shape index (κ3) is 1.93. The van der Waals surface area contributed by atoms with Gasteiger partial charge in [-0.25, -0.2) is 9.97 Å². The number of hydrogen-bond acceptors (Lipinski definition) is 4. The van der Waals surface area contributed by atoms with Gasteiger partial charge in [0.15, 0.2) is 10.8 Å². The van der Waals surface area contributed by atoms with E-state index in [0.29, 0.717) is 0 Å². The smallest absolute Gasteiger partial charge is 0.184 e. The van der Waals surface area contributed by atoms with E-state index in [1.807, 2.05) is 0 Å². The van der Waals surface area contributed by atoms with Crippen molar-refractivity contribution in [3.05, 3.63) is 41.0 Å². The monoisotopic (exact) mass is 256 g/mol. The molecule has 0 saturated heterocycles. The Morgan fingerprint density at radius 3 is 2.56 bits per heavy atom. The molecule has 4 nitrogen and oxygen atoms in total. The molecule has 0 bridgehead atoms. The van der Waals surface area contributed by atoms with Gasteiger partial charge in [-0.3, -0.25) is 5.10 Å². The predicted molar refractivity (Wildman–Crippen MR) is 72.4 cm³/mol. The van der Waals surface area contributed by atoms with Crippen LogP contribution < -0.4 is 0 Å². The number of hydrogen-bond donors (Lipinski definition) is 1. The lowest BCUT2D eigenvalue weighted by Crippen LogP contribution is -1.83. The van der Waals surface area contributed by atoms with Gasteiger partial charge in [0.2, 0.25) is 0 Å². The number of rotatable bonds is 2. The zero-order valence-electron chi connectivity index (χ0n) is 10.1. The first-order valence-electron chi connectivity index (χ1n) is 5.64. The largest absolute Gasteiger partial charge is 0.257 e. The molecule has 0 aliphatic heterocycles. The molecule has 0 amide bonds. The summed E-state index contributed by atoms with van der Waals surface area (Å²) >= 11 is 1.63. The van der Waals surface area contributed by atoms with Gasteiger partial charge in [-0.05, 0) is 13.8 Å². The Bertz CT molecular complexity index is 653. The summed E-state index contributed by atoms with van der Waals surface area (Å²) in [6.07, 6.45) is 1.50. The second-order valence-corrected chi connectivity index (χ2v) is 5.33. The first-order valence-corrected chi connectivity index (χ1v) is 6.46. The van der Waals surface area contributed by atoms with Crippen LogP contribution in [0, 0.1) is 13.8 Å². The minimum Gasteiger partial charge on any atom is -0.257 e. The topological polar surface area (TPSA) is 54.5 Å². The first-order chi connectivity index (χ1) is 8.74. The van der Waals surface area contributed by atoms with Crippen molar-refractivity contribution in [1.82, 2.24) is 20.2 Å². The van der Waals surface area contributed by atoms with Crippen molar-refractivity contribution >= 4 is 11.3 Å². The van der Waals surface area contributed by atoms with Gasteiger partial charge < -0.3 is 0 Å². The van der Waals surface area contributed by atoms with Gasteiger partial charge in [0, 0.05) is 10.4 Å². The molecule has 0 unspecified atom stereocenters. The molecule has 1 N–H and O–H groups in total. The second-order valence-electron chi connectivity index (χ2n) is 4.12. The highest BCUT2D eigenvalue weighted by atomic mass is 32.1. The fourth-order valence-electron chi connectivity index (χ4n) is 1.79. The molecule has 3 rings (SSSR count). The number of benzene rings is 1. The molecule has 0 aliphatic rings. The highest BCUT2D eigenvalue weighted by Crippen LogP contribution is 2.31. The van der Waals surface area contributed by atoms with E-state index in [0.717, 1.165) is 22.1 Å². The maximum Gasteiger partial charge on any atom is 0.184 e. The van der Waals surface area contributed by atoms with Crippen molar-refractivity contribution < 1.29 is 0 Å². The summed E-state index contributed by atoms with van der Waals surface area (Å²) in [7, 11) is 0. The van der Waals surface area contributed by atoms with Crippen molar-refractivity contribution in [3.8, 4) is 22.1 Å². The van der Waals surface area contributed by atoms with Crippen LogP contribution in [0.4, 0.5) is 0 Å². The molecule has 2 aromatic heterocycles. The summed E-state index contributed by atoms with van der Waals surface area (Å²) in [4.78, 5) is 9.95. The minimum absolute atomic E-state index is 0.724. The fourth-order valence-corrected chi connectivity index (χ4v) is 2.67. The molecule has 2 heterocycles. The normalized spacial score (nSPS) is 10.8. The molecule has 1 aromatic carbocycles. The van der Waals surface area contributed by atoms with Crippen LogP contribution >= 0.6 is 11.3 Å². The Morgan fingerprint density at radius 2 is 1.89 bits per heavy atom. The van der Waals surface area contributed by atoms with E-state index in [1.165, 1.54) is 16.8 Å². The van der Waals surface area contributed by atoms with Crippen LogP contribution in [0.2, 0.25) is 0 Å². The minimum atomic E-state index is 0.724. The van der Waals surface area contributed by atoms with Gasteiger partial charge in [-0.15, -0.1) is 11.3 Å². The molecule has 0 radical (unpaired) electrons. The van der Waals surface area contributed by atoms with E-state index >= 15 is 0 Å². The Balaban J connectivity index is 2.06. The van der Waals surface area contributed by atoms with Gasteiger partial charge in [-0.2, -0.15) is 5.10 Å². The lowest BCUT2D eigenvalue weighted by Gasteiger charge is -1.98. The highest BCUT2D eigenvalue weighted by molar-refractivity contribution is 7.15. The summed E-state index contributed by atoms with van der Waals surface area (Å²) in [6, 6.07) is 8.40. The van der Waals surface area contributed by atoms with E-state index in [-0.39, 0.29) is 0 Å². The molecule has 0 spiro atoms. The lowest BCUT2D eigenvalue weighted by atomic mass is 10.1. The second kappa shape index (κ2) is 4.34. The van der Waals surface area contributed by atoms with Gasteiger partial charge in [0.05, 0.1) is 5.69 Å². The van der Waals surface area contributed by atoms with Crippen molar-refractivity contribution in [2.24, 2.45) is 0 Å². The Labute approximate surface area is 109 Å². The van der Waals surface area contributed by atoms with Crippen LogP contribution in [-0.2, 0) is 0 Å². The number of nitrogens with one attached hydrogen (secondary N) is 1. The first kappa shape index (κ1) is 11.1. The van der Waals surface area contributed by atoms with E-state index in [1.54, 1.807) is 11.3 Å². The summed E-state index contributed by atoms with van der Waals surface area (Å²) < 4.78 is 0. The molecule has 0 fully saturated rings. The van der Waals surface area contributed by atoms with E-state index in [4.69, 9.17) is 0 Å². The summed E-state index contributed by atoms with van der Waals surface area (Å²) in [5.74, 6) is 0.724. The van der Waals surface area contributed by atoms with E-state index < -0.39 is 0 Å². The van der Waals surface area contributed by atoms with Crippen molar-refractivity contribution in [2.45, 2.75) is 13.8 Å². The van der Waals surface area contributed by atoms with Crippen LogP contribution in [-0.4, -0.2) is 20.2 Å². The molecule has 0 atom stereocenters. The van der Waals surface area contributed by atoms with Crippen LogP contribution in [0.3, 0.4) is 0 Å². The van der Waals surface area contributed by atoms with Crippen LogP contribution in [0.1, 0.15) is 10.4 Å². The maximum absolute atomic E-state index is 4.64. The maximum atomic E-state index is 4.64. The number of aryl methyl sites for hydroxylation is 2. The van der Waals surface area contributed by atoms with Crippen LogP contribution in [0.25, 0.3) is 22.1 Å². The van der Waals surface area contributed by atoms with E-state index in [2.05, 4.69) is 58.3 Å². The third-order valence-electron chi connectivity index (χ3n) is 2.74. The summed E-state index contributed by atoms with van der Waals surface area (Å²) in [5.41, 5.74) is 3.41. The predicted octanol–water partition coefficient (Wildman–Crippen LogP) is 3.21. The van der Waals surface area contributed by atoms with Crippen LogP contribution in [0.5, 0.6) is 0 Å². The Morgan fingerprint density at radius 1 is 1.11 bits per heavy atom. The number of aromatic amines is 1. The zero-order valence-corrected chi connectivity index (χ0v) is 11.0. The average Bonchev–Trinajstić information content (AvgIpc) is 2.99. The van der Waals surface area contributed by atoms with E-state index in [9.17, 15) is 0 Å². The Kier molecular flexibility index (Phi) is 2.68. The lowest BCUT2D eigenvalue weighted by molar-refractivity contribution is 1.09. The molecule has 0 saturated carbocycles. The number of nitrogens with zero attached hydrogens (tertiary/aromatic N) is 3. The standard InChI is InChI=1S/C13H12N4S/c1-8-3-5-10(6-4-8)11-9(2)18-13(16-11)12-14-7-15-17-12/h3-7H,1-2H3,(H,14,15,17). The average molecular weight is 256 g/mol. The summed E-state index contributed by atoms with van der Waals surface area (Å²) in [6.45, 7) is 4.16. The molecule has 90 valence electrons. The van der Waals surface area contributed by atoms with Crippen molar-refractivity contribution in [3.63, 3.8) is 0 Å². The molecular weight excluding hydrogens is 244 g/mol. The zero-order chi connectivity index (χ0) is 12.5.